The van der Waals surface area contributed by atoms with E-state index < -0.39 is 0 Å². The van der Waals surface area contributed by atoms with Gasteiger partial charge < -0.3 is 4.74 Å². The van der Waals surface area contributed by atoms with E-state index in [1.54, 1.807) is 11.3 Å². The first-order chi connectivity index (χ1) is 9.22. The minimum absolute atomic E-state index is 0.515. The molecule has 0 spiro atoms. The molecule has 1 heterocycles. The van der Waals surface area contributed by atoms with E-state index in [0.29, 0.717) is 11.6 Å². The first-order valence-corrected chi connectivity index (χ1v) is 7.40. The zero-order chi connectivity index (χ0) is 13.2. The number of hydrogen-bond donors (Lipinski definition) is 0. The summed E-state index contributed by atoms with van der Waals surface area (Å²) in [4.78, 5) is 0. The number of rotatable bonds is 3. The summed E-state index contributed by atoms with van der Waals surface area (Å²) in [7, 11) is 0. The van der Waals surface area contributed by atoms with Crippen LogP contribution in [0.1, 0.15) is 5.56 Å². The summed E-state index contributed by atoms with van der Waals surface area (Å²) in [6.07, 6.45) is 0. The van der Waals surface area contributed by atoms with Gasteiger partial charge in [0.1, 0.15) is 12.4 Å². The second kappa shape index (κ2) is 5.41. The topological polar surface area (TPSA) is 9.23 Å². The molecule has 0 aliphatic carbocycles. The Morgan fingerprint density at radius 2 is 1.84 bits per heavy atom. The lowest BCUT2D eigenvalue weighted by Gasteiger charge is -2.05. The van der Waals surface area contributed by atoms with Gasteiger partial charge in [0.15, 0.2) is 0 Å². The average Bonchev–Trinajstić information content (AvgIpc) is 2.79. The molecule has 0 saturated heterocycles. The van der Waals surface area contributed by atoms with Crippen molar-refractivity contribution in [3.63, 3.8) is 0 Å². The van der Waals surface area contributed by atoms with Crippen LogP contribution in [-0.2, 0) is 6.61 Å². The van der Waals surface area contributed by atoms with Crippen molar-refractivity contribution in [1.29, 1.82) is 0 Å². The molecule has 0 amide bonds. The summed E-state index contributed by atoms with van der Waals surface area (Å²) < 4.78 is 6.98. The summed E-state index contributed by atoms with van der Waals surface area (Å²) in [5.41, 5.74) is 1.14. The summed E-state index contributed by atoms with van der Waals surface area (Å²) in [5.74, 6) is 0.772. The second-order valence-corrected chi connectivity index (χ2v) is 5.93. The zero-order valence-electron chi connectivity index (χ0n) is 9.90. The van der Waals surface area contributed by atoms with Crippen molar-refractivity contribution in [3.8, 4) is 5.75 Å². The molecular weight excluding hydrogens is 299 g/mol. The van der Waals surface area contributed by atoms with Crippen molar-refractivity contribution >= 4 is 44.6 Å². The summed E-state index contributed by atoms with van der Waals surface area (Å²) in [6, 6.07) is 13.3. The number of benzene rings is 2. The van der Waals surface area contributed by atoms with E-state index >= 15 is 0 Å². The number of hydrogen-bond acceptors (Lipinski definition) is 2. The first kappa shape index (κ1) is 12.8. The van der Waals surface area contributed by atoms with Crippen LogP contribution in [-0.4, -0.2) is 0 Å². The van der Waals surface area contributed by atoms with Crippen LogP contribution in [0.15, 0.2) is 47.8 Å². The molecule has 3 aromatic rings. The molecule has 0 bridgehead atoms. The van der Waals surface area contributed by atoms with Crippen molar-refractivity contribution < 1.29 is 4.74 Å². The van der Waals surface area contributed by atoms with Crippen LogP contribution in [0, 0.1) is 0 Å². The Balaban J connectivity index is 1.84. The largest absolute Gasteiger partial charge is 0.489 e. The van der Waals surface area contributed by atoms with Gasteiger partial charge in [-0.15, -0.1) is 11.3 Å². The Labute approximate surface area is 125 Å². The number of fused-ring (bicyclic) bond motifs is 1. The third-order valence-corrected chi connectivity index (χ3v) is 4.29. The van der Waals surface area contributed by atoms with Gasteiger partial charge in [-0.2, -0.15) is 0 Å². The van der Waals surface area contributed by atoms with Crippen molar-refractivity contribution in [2.75, 3.05) is 0 Å². The molecule has 1 aromatic heterocycles. The first-order valence-electron chi connectivity index (χ1n) is 5.76. The van der Waals surface area contributed by atoms with Crippen LogP contribution in [0.2, 0.25) is 10.0 Å². The average molecular weight is 309 g/mol. The van der Waals surface area contributed by atoms with Crippen LogP contribution in [0.3, 0.4) is 0 Å². The lowest BCUT2D eigenvalue weighted by atomic mass is 10.2. The number of halogens is 2. The van der Waals surface area contributed by atoms with Crippen LogP contribution in [0.5, 0.6) is 5.75 Å². The van der Waals surface area contributed by atoms with Crippen LogP contribution in [0.25, 0.3) is 10.1 Å². The van der Waals surface area contributed by atoms with Gasteiger partial charge in [-0.25, -0.2) is 0 Å². The molecule has 0 atom stereocenters. The SMILES string of the molecule is Clc1cccc(OCc2csc3ccc(Cl)cc23)c1. The normalized spacial score (nSPS) is 10.8. The maximum Gasteiger partial charge on any atom is 0.121 e. The maximum absolute atomic E-state index is 6.03. The van der Waals surface area contributed by atoms with E-state index in [2.05, 4.69) is 5.38 Å². The van der Waals surface area contributed by atoms with E-state index in [0.717, 1.165) is 21.7 Å². The Morgan fingerprint density at radius 3 is 2.68 bits per heavy atom. The van der Waals surface area contributed by atoms with Crippen LogP contribution < -0.4 is 4.74 Å². The highest BCUT2D eigenvalue weighted by molar-refractivity contribution is 7.17. The standard InChI is InChI=1S/C15H10Cl2OS/c16-11-2-1-3-13(6-11)18-8-10-9-19-15-5-4-12(17)7-14(10)15/h1-7,9H,8H2. The second-order valence-electron chi connectivity index (χ2n) is 4.15. The van der Waals surface area contributed by atoms with Crippen molar-refractivity contribution in [3.05, 3.63) is 63.5 Å². The quantitative estimate of drug-likeness (QED) is 0.595. The zero-order valence-corrected chi connectivity index (χ0v) is 12.2. The van der Waals surface area contributed by atoms with Gasteiger partial charge in [-0.1, -0.05) is 29.3 Å². The Morgan fingerprint density at radius 1 is 1.00 bits per heavy atom. The molecule has 0 aliphatic rings. The van der Waals surface area contributed by atoms with E-state index in [9.17, 15) is 0 Å². The smallest absolute Gasteiger partial charge is 0.121 e. The maximum atomic E-state index is 6.03. The van der Waals surface area contributed by atoms with Gasteiger partial charge in [-0.05, 0) is 41.8 Å². The molecule has 2 aromatic carbocycles. The monoisotopic (exact) mass is 308 g/mol. The molecule has 3 rings (SSSR count). The summed E-state index contributed by atoms with van der Waals surface area (Å²) >= 11 is 13.7. The van der Waals surface area contributed by atoms with E-state index in [-0.39, 0.29) is 0 Å². The van der Waals surface area contributed by atoms with Gasteiger partial charge in [0.2, 0.25) is 0 Å². The van der Waals surface area contributed by atoms with Crippen molar-refractivity contribution in [2.24, 2.45) is 0 Å². The van der Waals surface area contributed by atoms with Gasteiger partial charge in [0, 0.05) is 25.7 Å². The van der Waals surface area contributed by atoms with Gasteiger partial charge in [0.25, 0.3) is 0 Å². The summed E-state index contributed by atoms with van der Waals surface area (Å²) in [6.45, 7) is 0.515. The van der Waals surface area contributed by atoms with Crippen LogP contribution in [0.4, 0.5) is 0 Å². The lowest BCUT2D eigenvalue weighted by molar-refractivity contribution is 0.308. The molecule has 19 heavy (non-hydrogen) atoms. The fraction of sp³-hybridized carbons (Fsp3) is 0.0667. The van der Waals surface area contributed by atoms with E-state index in [1.807, 2.05) is 42.5 Å². The minimum atomic E-state index is 0.515. The number of thiophene rings is 1. The van der Waals surface area contributed by atoms with Crippen molar-refractivity contribution in [2.45, 2.75) is 6.61 Å². The molecule has 0 unspecified atom stereocenters. The van der Waals surface area contributed by atoms with Gasteiger partial charge in [0.05, 0.1) is 0 Å². The highest BCUT2D eigenvalue weighted by atomic mass is 35.5. The third-order valence-electron chi connectivity index (χ3n) is 2.81. The Hall–Kier alpha value is -1.22. The lowest BCUT2D eigenvalue weighted by Crippen LogP contribution is -1.94. The fourth-order valence-corrected chi connectivity index (χ4v) is 3.16. The van der Waals surface area contributed by atoms with E-state index in [4.69, 9.17) is 27.9 Å². The highest BCUT2D eigenvalue weighted by Gasteiger charge is 2.05. The minimum Gasteiger partial charge on any atom is -0.489 e. The Kier molecular flexibility index (Phi) is 3.65. The molecule has 1 nitrogen and oxygen atoms in total. The molecule has 0 fully saturated rings. The summed E-state index contributed by atoms with van der Waals surface area (Å²) in [5, 5.41) is 4.68. The van der Waals surface area contributed by atoms with Crippen molar-refractivity contribution in [1.82, 2.24) is 0 Å². The highest BCUT2D eigenvalue weighted by Crippen LogP contribution is 2.29. The van der Waals surface area contributed by atoms with Gasteiger partial charge >= 0.3 is 0 Å². The molecule has 0 saturated carbocycles. The fourth-order valence-electron chi connectivity index (χ4n) is 1.88. The Bertz CT molecular complexity index is 721. The molecule has 0 aliphatic heterocycles. The van der Waals surface area contributed by atoms with Crippen LogP contribution >= 0.6 is 34.5 Å². The predicted molar refractivity (Wildman–Crippen MR) is 82.6 cm³/mol. The third kappa shape index (κ3) is 2.86. The van der Waals surface area contributed by atoms with Gasteiger partial charge in [-0.3, -0.25) is 0 Å². The predicted octanol–water partition coefficient (Wildman–Crippen LogP) is 5.79. The molecular formula is C15H10Cl2OS. The molecule has 0 radical (unpaired) electrons. The molecule has 0 N–H and O–H groups in total. The number of ether oxygens (including phenoxy) is 1. The molecule has 96 valence electrons. The van der Waals surface area contributed by atoms with E-state index in [1.165, 1.54) is 4.70 Å². The molecule has 4 heteroatoms.